The molecule has 132 valence electrons. The van der Waals surface area contributed by atoms with Gasteiger partial charge in [-0.3, -0.25) is 9.78 Å². The number of nitrogens with one attached hydrogen (secondary N) is 1. The zero-order valence-corrected chi connectivity index (χ0v) is 14.3. The maximum Gasteiger partial charge on any atom is 0.270 e. The summed E-state index contributed by atoms with van der Waals surface area (Å²) in [6, 6.07) is 15.1. The van der Waals surface area contributed by atoms with Crippen molar-refractivity contribution < 1.29 is 9.53 Å². The third-order valence-corrected chi connectivity index (χ3v) is 4.55. The highest BCUT2D eigenvalue weighted by molar-refractivity contribution is 5.93. The van der Waals surface area contributed by atoms with Crippen LogP contribution < -0.4 is 5.32 Å². The van der Waals surface area contributed by atoms with E-state index in [0.29, 0.717) is 12.3 Å². The molecule has 1 aromatic carbocycles. The van der Waals surface area contributed by atoms with Crippen molar-refractivity contribution in [2.24, 2.45) is 0 Å². The van der Waals surface area contributed by atoms with Crippen molar-refractivity contribution in [1.82, 2.24) is 20.1 Å². The second-order valence-corrected chi connectivity index (χ2v) is 6.26. The molecule has 4 rings (SSSR count). The molecule has 0 aliphatic carbocycles. The number of amides is 1. The lowest BCUT2D eigenvalue weighted by atomic mass is 9.96. The van der Waals surface area contributed by atoms with Gasteiger partial charge in [-0.05, 0) is 48.7 Å². The minimum absolute atomic E-state index is 0.0854. The van der Waals surface area contributed by atoms with Crippen LogP contribution in [0.5, 0.6) is 0 Å². The quantitative estimate of drug-likeness (QED) is 0.787. The summed E-state index contributed by atoms with van der Waals surface area (Å²) in [5.41, 5.74) is 2.39. The lowest BCUT2D eigenvalue weighted by Gasteiger charge is -2.32. The van der Waals surface area contributed by atoms with Crippen LogP contribution in [-0.2, 0) is 4.74 Å². The summed E-state index contributed by atoms with van der Waals surface area (Å²) in [6.07, 6.45) is 6.76. The summed E-state index contributed by atoms with van der Waals surface area (Å²) in [4.78, 5) is 17.0. The van der Waals surface area contributed by atoms with Crippen LogP contribution in [0.25, 0.3) is 5.69 Å². The van der Waals surface area contributed by atoms with Crippen molar-refractivity contribution in [3.05, 3.63) is 78.4 Å². The van der Waals surface area contributed by atoms with Crippen LogP contribution in [-0.4, -0.2) is 33.3 Å². The van der Waals surface area contributed by atoms with Gasteiger partial charge in [0.25, 0.3) is 5.91 Å². The Morgan fingerprint density at radius 1 is 1.08 bits per heavy atom. The molecule has 0 radical (unpaired) electrons. The fourth-order valence-corrected chi connectivity index (χ4v) is 3.30. The third-order valence-electron chi connectivity index (χ3n) is 4.55. The van der Waals surface area contributed by atoms with E-state index in [9.17, 15) is 4.79 Å². The molecule has 3 aromatic rings. The SMILES string of the molecule is O=C(N[C@H]1CCCO[C@@H]1c1ccncc1)c1ccnn1-c1ccccc1. The number of carbonyl (C=O) groups excluding carboxylic acids is 1. The van der Waals surface area contributed by atoms with Crippen molar-refractivity contribution >= 4 is 5.91 Å². The summed E-state index contributed by atoms with van der Waals surface area (Å²) in [5.74, 6) is -0.152. The molecule has 0 spiro atoms. The van der Waals surface area contributed by atoms with E-state index >= 15 is 0 Å². The highest BCUT2D eigenvalue weighted by Crippen LogP contribution is 2.28. The highest BCUT2D eigenvalue weighted by Gasteiger charge is 2.29. The molecule has 3 heterocycles. The fourth-order valence-electron chi connectivity index (χ4n) is 3.30. The number of benzene rings is 1. The van der Waals surface area contributed by atoms with E-state index in [4.69, 9.17) is 4.74 Å². The normalized spacial score (nSPS) is 19.8. The zero-order valence-electron chi connectivity index (χ0n) is 14.3. The summed E-state index contributed by atoms with van der Waals surface area (Å²) >= 11 is 0. The molecule has 1 saturated heterocycles. The first-order valence-corrected chi connectivity index (χ1v) is 8.75. The van der Waals surface area contributed by atoms with Crippen LogP contribution in [0.1, 0.15) is 35.0 Å². The monoisotopic (exact) mass is 348 g/mol. The van der Waals surface area contributed by atoms with Crippen molar-refractivity contribution in [2.75, 3.05) is 6.61 Å². The van der Waals surface area contributed by atoms with Crippen molar-refractivity contribution in [3.63, 3.8) is 0 Å². The lowest BCUT2D eigenvalue weighted by molar-refractivity contribution is -0.00958. The van der Waals surface area contributed by atoms with Crippen LogP contribution in [0, 0.1) is 0 Å². The van der Waals surface area contributed by atoms with E-state index in [1.54, 1.807) is 29.3 Å². The van der Waals surface area contributed by atoms with E-state index < -0.39 is 0 Å². The number of carbonyl (C=O) groups is 1. The molecule has 0 unspecified atom stereocenters. The topological polar surface area (TPSA) is 69.0 Å². The number of rotatable bonds is 4. The molecule has 1 fully saturated rings. The predicted octanol–water partition coefficient (Wildman–Crippen LogP) is 2.92. The average molecular weight is 348 g/mol. The summed E-state index contributed by atoms with van der Waals surface area (Å²) < 4.78 is 7.60. The van der Waals surface area contributed by atoms with Gasteiger partial charge < -0.3 is 10.1 Å². The number of pyridine rings is 1. The van der Waals surface area contributed by atoms with Crippen LogP contribution in [0.2, 0.25) is 0 Å². The maximum absolute atomic E-state index is 12.9. The number of hydrogen-bond acceptors (Lipinski definition) is 4. The van der Waals surface area contributed by atoms with Gasteiger partial charge in [-0.2, -0.15) is 5.10 Å². The number of ether oxygens (including phenoxy) is 1. The van der Waals surface area contributed by atoms with Gasteiger partial charge in [0.15, 0.2) is 0 Å². The van der Waals surface area contributed by atoms with Crippen molar-refractivity contribution in [2.45, 2.75) is 25.0 Å². The molecule has 1 N–H and O–H groups in total. The van der Waals surface area contributed by atoms with E-state index in [2.05, 4.69) is 15.4 Å². The Balaban J connectivity index is 1.55. The van der Waals surface area contributed by atoms with Gasteiger partial charge in [-0.1, -0.05) is 18.2 Å². The van der Waals surface area contributed by atoms with Crippen molar-refractivity contribution in [3.8, 4) is 5.69 Å². The van der Waals surface area contributed by atoms with E-state index in [1.165, 1.54) is 0 Å². The minimum Gasteiger partial charge on any atom is -0.371 e. The Kier molecular flexibility index (Phi) is 4.75. The van der Waals surface area contributed by atoms with Crippen LogP contribution in [0.3, 0.4) is 0 Å². The molecular formula is C20H20N4O2. The Hall–Kier alpha value is -2.99. The van der Waals surface area contributed by atoms with E-state index in [-0.39, 0.29) is 18.1 Å². The van der Waals surface area contributed by atoms with Crippen molar-refractivity contribution in [1.29, 1.82) is 0 Å². The Morgan fingerprint density at radius 2 is 1.88 bits per heavy atom. The molecule has 1 aliphatic rings. The standard InChI is InChI=1S/C20H20N4O2/c25-20(18-10-13-22-24(18)16-5-2-1-3-6-16)23-17-7-4-14-26-19(17)15-8-11-21-12-9-15/h1-3,5-6,8-13,17,19H,4,7,14H2,(H,23,25)/t17-,19+/m0/s1. The van der Waals surface area contributed by atoms with E-state index in [0.717, 1.165) is 24.1 Å². The van der Waals surface area contributed by atoms with Crippen LogP contribution in [0.4, 0.5) is 0 Å². The first-order chi connectivity index (χ1) is 12.8. The molecule has 2 atom stereocenters. The molecule has 6 heteroatoms. The van der Waals surface area contributed by atoms with Gasteiger partial charge in [0.05, 0.1) is 17.9 Å². The molecule has 6 nitrogen and oxygen atoms in total. The van der Waals surface area contributed by atoms with Gasteiger partial charge in [0, 0.05) is 19.0 Å². The first kappa shape index (κ1) is 16.5. The second-order valence-electron chi connectivity index (χ2n) is 6.26. The van der Waals surface area contributed by atoms with Crippen LogP contribution in [0.15, 0.2) is 67.1 Å². The minimum atomic E-state index is -0.163. The summed E-state index contributed by atoms with van der Waals surface area (Å²) in [7, 11) is 0. The Morgan fingerprint density at radius 3 is 2.69 bits per heavy atom. The number of hydrogen-bond donors (Lipinski definition) is 1. The average Bonchev–Trinajstić information content (AvgIpc) is 3.20. The molecule has 0 bridgehead atoms. The number of para-hydroxylation sites is 1. The van der Waals surface area contributed by atoms with Gasteiger partial charge in [-0.15, -0.1) is 0 Å². The highest BCUT2D eigenvalue weighted by atomic mass is 16.5. The predicted molar refractivity (Wildman–Crippen MR) is 97.0 cm³/mol. The molecule has 1 aliphatic heterocycles. The summed E-state index contributed by atoms with van der Waals surface area (Å²) in [5, 5.41) is 7.43. The first-order valence-electron chi connectivity index (χ1n) is 8.75. The molecule has 2 aromatic heterocycles. The molecular weight excluding hydrogens is 328 g/mol. The number of nitrogens with zero attached hydrogens (tertiary/aromatic N) is 3. The Bertz CT molecular complexity index is 864. The third kappa shape index (κ3) is 3.36. The molecule has 26 heavy (non-hydrogen) atoms. The molecule has 1 amide bonds. The molecule has 0 saturated carbocycles. The fraction of sp³-hybridized carbons (Fsp3) is 0.250. The van der Waals surface area contributed by atoms with Crippen LogP contribution >= 0.6 is 0 Å². The number of aromatic nitrogens is 3. The van der Waals surface area contributed by atoms with Gasteiger partial charge in [0.2, 0.25) is 0 Å². The smallest absolute Gasteiger partial charge is 0.270 e. The second kappa shape index (κ2) is 7.49. The van der Waals surface area contributed by atoms with E-state index in [1.807, 2.05) is 42.5 Å². The van der Waals surface area contributed by atoms with Gasteiger partial charge in [0.1, 0.15) is 11.8 Å². The largest absolute Gasteiger partial charge is 0.371 e. The van der Waals surface area contributed by atoms with Gasteiger partial charge >= 0.3 is 0 Å². The lowest BCUT2D eigenvalue weighted by Crippen LogP contribution is -2.43. The Labute approximate surface area is 151 Å². The summed E-state index contributed by atoms with van der Waals surface area (Å²) in [6.45, 7) is 0.696. The van der Waals surface area contributed by atoms with Gasteiger partial charge in [-0.25, -0.2) is 4.68 Å². The zero-order chi connectivity index (χ0) is 17.8. The maximum atomic E-state index is 12.9.